The summed E-state index contributed by atoms with van der Waals surface area (Å²) in [7, 11) is 1.53. The number of aromatic nitrogens is 2. The topological polar surface area (TPSA) is 125 Å². The molecule has 0 spiro atoms. The molecule has 0 fully saturated rings. The lowest BCUT2D eigenvalue weighted by atomic mass is 10.1. The molecular weight excluding hydrogens is 442 g/mol. The molecule has 172 valence electrons. The molecule has 1 atom stereocenters. The van der Waals surface area contributed by atoms with Crippen LogP contribution in [0.5, 0.6) is 5.88 Å². The quantitative estimate of drug-likeness (QED) is 0.378. The molecule has 2 aromatic heterocycles. The van der Waals surface area contributed by atoms with Crippen molar-refractivity contribution >= 4 is 51.7 Å². The van der Waals surface area contributed by atoms with Crippen LogP contribution in [0, 0.1) is 0 Å². The Kier molecular flexibility index (Phi) is 7.26. The molecule has 1 aliphatic heterocycles. The number of aliphatic hydroxyl groups is 1. The maximum Gasteiger partial charge on any atom is 0.234 e. The summed E-state index contributed by atoms with van der Waals surface area (Å²) in [5, 5.41) is 19.2. The monoisotopic (exact) mass is 467 g/mol. The Morgan fingerprint density at radius 3 is 3.03 bits per heavy atom. The summed E-state index contributed by atoms with van der Waals surface area (Å²) in [6.45, 7) is 0.347. The van der Waals surface area contributed by atoms with E-state index >= 15 is 0 Å². The first-order chi connectivity index (χ1) is 16.0. The van der Waals surface area contributed by atoms with Gasteiger partial charge in [0.15, 0.2) is 0 Å². The third-order valence-electron chi connectivity index (χ3n) is 5.14. The number of thioether (sulfide) groups is 1. The largest absolute Gasteiger partial charge is 0.481 e. The molecule has 9 nitrogen and oxygen atoms in total. The molecule has 3 aromatic rings. The molecule has 33 heavy (non-hydrogen) atoms. The second-order valence-electron chi connectivity index (χ2n) is 7.60. The summed E-state index contributed by atoms with van der Waals surface area (Å²) >= 11 is 1.51. The SMILES string of the molecule is COc1ccc2nccc(NC(=O)CCCC(O)CNc3ccc4c(c3)NC(=O)CS4)c2n1. The van der Waals surface area contributed by atoms with Gasteiger partial charge in [0.2, 0.25) is 17.7 Å². The minimum atomic E-state index is -0.606. The number of nitrogens with zero attached hydrogens (tertiary/aromatic N) is 2. The number of carbonyl (C=O) groups excluding carboxylic acids is 2. The van der Waals surface area contributed by atoms with Crippen LogP contribution in [-0.2, 0) is 9.59 Å². The number of nitrogens with one attached hydrogen (secondary N) is 3. The van der Waals surface area contributed by atoms with Gasteiger partial charge in [-0.2, -0.15) is 0 Å². The van der Waals surface area contributed by atoms with Crippen molar-refractivity contribution in [2.45, 2.75) is 30.3 Å². The Hall–Kier alpha value is -3.37. The lowest BCUT2D eigenvalue weighted by molar-refractivity contribution is -0.116. The van der Waals surface area contributed by atoms with Crippen LogP contribution in [0.1, 0.15) is 19.3 Å². The van der Waals surface area contributed by atoms with Crippen LogP contribution in [0.15, 0.2) is 47.5 Å². The van der Waals surface area contributed by atoms with Crippen LogP contribution in [0.4, 0.5) is 17.1 Å². The molecule has 0 saturated heterocycles. The summed E-state index contributed by atoms with van der Waals surface area (Å²) in [5.41, 5.74) is 3.40. The van der Waals surface area contributed by atoms with E-state index < -0.39 is 6.10 Å². The van der Waals surface area contributed by atoms with Gasteiger partial charge in [-0.3, -0.25) is 14.6 Å². The highest BCUT2D eigenvalue weighted by Crippen LogP contribution is 2.33. The zero-order valence-electron chi connectivity index (χ0n) is 18.1. The Labute approximate surface area is 195 Å². The van der Waals surface area contributed by atoms with Crippen molar-refractivity contribution in [2.24, 2.45) is 0 Å². The Morgan fingerprint density at radius 1 is 1.30 bits per heavy atom. The lowest BCUT2D eigenvalue weighted by Crippen LogP contribution is -2.21. The summed E-state index contributed by atoms with van der Waals surface area (Å²) in [6, 6.07) is 10.9. The van der Waals surface area contributed by atoms with Gasteiger partial charge in [-0.05, 0) is 43.2 Å². The normalized spacial score (nSPS) is 13.7. The second-order valence-corrected chi connectivity index (χ2v) is 8.62. The molecule has 0 radical (unpaired) electrons. The van der Waals surface area contributed by atoms with Crippen LogP contribution in [0.3, 0.4) is 0 Å². The predicted molar refractivity (Wildman–Crippen MR) is 129 cm³/mol. The van der Waals surface area contributed by atoms with Gasteiger partial charge in [-0.15, -0.1) is 11.8 Å². The van der Waals surface area contributed by atoms with Crippen LogP contribution >= 0.6 is 11.8 Å². The second kappa shape index (κ2) is 10.5. The number of hydrogen-bond donors (Lipinski definition) is 4. The van der Waals surface area contributed by atoms with Crippen molar-refractivity contribution in [2.75, 3.05) is 35.4 Å². The van der Waals surface area contributed by atoms with Crippen LogP contribution in [0.25, 0.3) is 11.0 Å². The van der Waals surface area contributed by atoms with Gasteiger partial charge in [0, 0.05) is 35.8 Å². The van der Waals surface area contributed by atoms with Gasteiger partial charge >= 0.3 is 0 Å². The predicted octanol–water partition coefficient (Wildman–Crippen LogP) is 3.26. The number of carbonyl (C=O) groups is 2. The van der Waals surface area contributed by atoms with Gasteiger partial charge < -0.3 is 25.8 Å². The minimum absolute atomic E-state index is 0.0161. The van der Waals surface area contributed by atoms with Crippen LogP contribution in [-0.4, -0.2) is 52.4 Å². The first kappa shape index (κ1) is 22.8. The summed E-state index contributed by atoms with van der Waals surface area (Å²) in [5.74, 6) is 0.697. The van der Waals surface area contributed by atoms with Crippen molar-refractivity contribution < 1.29 is 19.4 Å². The van der Waals surface area contributed by atoms with Gasteiger partial charge in [-0.1, -0.05) is 0 Å². The summed E-state index contributed by atoms with van der Waals surface area (Å²) in [6.07, 6.45) is 2.29. The molecule has 3 heterocycles. The first-order valence-electron chi connectivity index (χ1n) is 10.6. The van der Waals surface area contributed by atoms with Crippen molar-refractivity contribution in [3.8, 4) is 5.88 Å². The molecule has 1 aliphatic rings. The fraction of sp³-hybridized carbons (Fsp3) is 0.304. The number of rotatable bonds is 9. The number of ether oxygens (including phenoxy) is 1. The van der Waals surface area contributed by atoms with E-state index in [0.717, 1.165) is 16.3 Å². The number of anilines is 3. The molecule has 4 N–H and O–H groups in total. The van der Waals surface area contributed by atoms with Crippen molar-refractivity contribution in [1.29, 1.82) is 0 Å². The number of pyridine rings is 2. The fourth-order valence-electron chi connectivity index (χ4n) is 3.46. The van der Waals surface area contributed by atoms with Crippen molar-refractivity contribution in [1.82, 2.24) is 9.97 Å². The maximum absolute atomic E-state index is 12.4. The van der Waals surface area contributed by atoms with Crippen LogP contribution in [0.2, 0.25) is 0 Å². The molecule has 0 bridgehead atoms. The number of amides is 2. The summed E-state index contributed by atoms with van der Waals surface area (Å²) in [4.78, 5) is 33.6. The molecular formula is C23H25N5O4S. The van der Waals surface area contributed by atoms with E-state index in [9.17, 15) is 14.7 Å². The zero-order valence-corrected chi connectivity index (χ0v) is 18.9. The van der Waals surface area contributed by atoms with Gasteiger partial charge in [-0.25, -0.2) is 4.98 Å². The molecule has 1 unspecified atom stereocenters. The first-order valence-corrected chi connectivity index (χ1v) is 11.6. The van der Waals surface area contributed by atoms with E-state index in [-0.39, 0.29) is 18.2 Å². The van der Waals surface area contributed by atoms with Gasteiger partial charge in [0.1, 0.15) is 5.52 Å². The molecule has 2 amide bonds. The van der Waals surface area contributed by atoms with E-state index in [2.05, 4.69) is 25.9 Å². The van der Waals surface area contributed by atoms with Crippen molar-refractivity contribution in [3.05, 3.63) is 42.6 Å². The highest BCUT2D eigenvalue weighted by molar-refractivity contribution is 8.00. The van der Waals surface area contributed by atoms with Gasteiger partial charge in [0.25, 0.3) is 0 Å². The maximum atomic E-state index is 12.4. The number of aliphatic hydroxyl groups excluding tert-OH is 1. The summed E-state index contributed by atoms with van der Waals surface area (Å²) < 4.78 is 5.16. The number of benzene rings is 1. The molecule has 0 saturated carbocycles. The van der Waals surface area contributed by atoms with Crippen molar-refractivity contribution in [3.63, 3.8) is 0 Å². The van der Waals surface area contributed by atoms with E-state index in [1.807, 2.05) is 18.2 Å². The Bertz CT molecular complexity index is 1170. The van der Waals surface area contributed by atoms with E-state index in [1.54, 1.807) is 24.4 Å². The highest BCUT2D eigenvalue weighted by atomic mass is 32.2. The van der Waals surface area contributed by atoms with E-state index in [4.69, 9.17) is 4.74 Å². The highest BCUT2D eigenvalue weighted by Gasteiger charge is 2.16. The van der Waals surface area contributed by atoms with E-state index in [1.165, 1.54) is 18.9 Å². The average molecular weight is 468 g/mol. The smallest absolute Gasteiger partial charge is 0.234 e. The molecule has 1 aromatic carbocycles. The molecule has 4 rings (SSSR count). The van der Waals surface area contributed by atoms with Gasteiger partial charge in [0.05, 0.1) is 35.9 Å². The third-order valence-corrected chi connectivity index (χ3v) is 6.21. The third kappa shape index (κ3) is 5.91. The molecule has 10 heteroatoms. The zero-order chi connectivity index (χ0) is 23.2. The average Bonchev–Trinajstić information content (AvgIpc) is 2.82. The van der Waals surface area contributed by atoms with Crippen LogP contribution < -0.4 is 20.7 Å². The van der Waals surface area contributed by atoms with E-state index in [0.29, 0.717) is 47.7 Å². The Balaban J connectivity index is 1.23. The lowest BCUT2D eigenvalue weighted by Gasteiger charge is -2.18. The number of fused-ring (bicyclic) bond motifs is 2. The fourth-order valence-corrected chi connectivity index (χ4v) is 4.25. The number of hydrogen-bond acceptors (Lipinski definition) is 8. The minimum Gasteiger partial charge on any atom is -0.481 e. The standard InChI is InChI=1S/C23H25N5O4S/c1-32-22-8-6-16-23(28-22)17(9-10-24-16)26-20(30)4-2-3-15(29)12-25-14-5-7-19-18(11-14)27-21(31)13-33-19/h5-11,15,25,29H,2-4,12-13H2,1H3,(H,27,31)(H,24,26,30). The molecule has 0 aliphatic carbocycles. The Morgan fingerprint density at radius 2 is 2.18 bits per heavy atom. The number of methoxy groups -OCH3 is 1.